The third kappa shape index (κ3) is 5.61. The highest BCUT2D eigenvalue weighted by Crippen LogP contribution is 2.27. The van der Waals surface area contributed by atoms with Crippen LogP contribution in [0.2, 0.25) is 5.02 Å². The topological polar surface area (TPSA) is 108 Å². The van der Waals surface area contributed by atoms with E-state index in [0.717, 1.165) is 18.2 Å². The summed E-state index contributed by atoms with van der Waals surface area (Å²) in [6, 6.07) is 8.34. The van der Waals surface area contributed by atoms with Gasteiger partial charge >= 0.3 is 12.6 Å². The van der Waals surface area contributed by atoms with Gasteiger partial charge in [-0.05, 0) is 31.2 Å². The normalized spacial score (nSPS) is 11.6. The van der Waals surface area contributed by atoms with Gasteiger partial charge in [-0.15, -0.1) is 0 Å². The maximum absolute atomic E-state index is 12.2. The lowest BCUT2D eigenvalue weighted by Gasteiger charge is -2.14. The van der Waals surface area contributed by atoms with Gasteiger partial charge in [0.1, 0.15) is 5.75 Å². The first-order valence-corrected chi connectivity index (χ1v) is 8.06. The van der Waals surface area contributed by atoms with Crippen LogP contribution >= 0.6 is 11.6 Å². The van der Waals surface area contributed by atoms with E-state index in [4.69, 9.17) is 16.3 Å². The predicted molar refractivity (Wildman–Crippen MR) is 94.7 cm³/mol. The smallest absolute Gasteiger partial charge is 0.387 e. The van der Waals surface area contributed by atoms with E-state index in [2.05, 4.69) is 10.1 Å². The molecule has 8 nitrogen and oxygen atoms in total. The van der Waals surface area contributed by atoms with E-state index >= 15 is 0 Å². The van der Waals surface area contributed by atoms with E-state index in [1.165, 1.54) is 31.2 Å². The summed E-state index contributed by atoms with van der Waals surface area (Å²) in [5.41, 5.74) is -0.257. The number of non-ortho nitro benzene ring substituents is 1. The largest absolute Gasteiger partial charge is 0.449 e. The molecule has 148 valence electrons. The molecule has 0 aliphatic heterocycles. The number of nitrogens with zero attached hydrogens (tertiary/aromatic N) is 1. The van der Waals surface area contributed by atoms with Gasteiger partial charge in [0.25, 0.3) is 11.6 Å². The molecule has 2 aromatic carbocycles. The fourth-order valence-corrected chi connectivity index (χ4v) is 2.26. The third-order valence-corrected chi connectivity index (χ3v) is 3.68. The van der Waals surface area contributed by atoms with Crippen molar-refractivity contribution in [2.24, 2.45) is 0 Å². The van der Waals surface area contributed by atoms with E-state index in [0.29, 0.717) is 0 Å². The molecule has 11 heteroatoms. The van der Waals surface area contributed by atoms with Gasteiger partial charge in [0, 0.05) is 12.1 Å². The number of hydrogen-bond donors (Lipinski definition) is 1. The van der Waals surface area contributed by atoms with E-state index in [1.807, 2.05) is 0 Å². The highest BCUT2D eigenvalue weighted by molar-refractivity contribution is 6.34. The zero-order chi connectivity index (χ0) is 20.8. The summed E-state index contributed by atoms with van der Waals surface area (Å²) in [6.07, 6.45) is -1.27. The standard InChI is InChI=1S/C17H13ClF2N2O6/c1-9(15(23)21-14-6-5-11(22(25)26)8-13(14)18)27-16(24)10-3-2-4-12(7-10)28-17(19)20/h2-9,17H,1H3,(H,21,23). The molecule has 0 aliphatic carbocycles. The molecule has 28 heavy (non-hydrogen) atoms. The zero-order valence-corrected chi connectivity index (χ0v) is 15.0. The van der Waals surface area contributed by atoms with Crippen LogP contribution in [0.3, 0.4) is 0 Å². The number of anilines is 1. The number of ether oxygens (including phenoxy) is 2. The molecule has 0 aromatic heterocycles. The number of hydrogen-bond acceptors (Lipinski definition) is 6. The molecule has 0 radical (unpaired) electrons. The van der Waals surface area contributed by atoms with Crippen LogP contribution in [-0.4, -0.2) is 29.5 Å². The van der Waals surface area contributed by atoms with Crippen molar-refractivity contribution < 1.29 is 32.8 Å². The number of benzene rings is 2. The van der Waals surface area contributed by atoms with Crippen LogP contribution in [0.25, 0.3) is 0 Å². The Labute approximate surface area is 162 Å². The van der Waals surface area contributed by atoms with Crippen molar-refractivity contribution >= 4 is 34.9 Å². The summed E-state index contributed by atoms with van der Waals surface area (Å²) < 4.78 is 33.7. The van der Waals surface area contributed by atoms with Gasteiger partial charge in [-0.1, -0.05) is 17.7 Å². The maximum Gasteiger partial charge on any atom is 0.387 e. The molecule has 1 amide bonds. The number of halogens is 3. The minimum absolute atomic E-state index is 0.0714. The van der Waals surface area contributed by atoms with E-state index < -0.39 is 29.5 Å². The van der Waals surface area contributed by atoms with Crippen LogP contribution in [0.5, 0.6) is 5.75 Å². The maximum atomic E-state index is 12.2. The molecule has 0 heterocycles. The first kappa shape index (κ1) is 21.0. The van der Waals surface area contributed by atoms with Crippen molar-refractivity contribution in [1.29, 1.82) is 0 Å². The van der Waals surface area contributed by atoms with Gasteiger partial charge in [-0.2, -0.15) is 8.78 Å². The Morgan fingerprint density at radius 1 is 1.21 bits per heavy atom. The second kappa shape index (κ2) is 9.09. The minimum atomic E-state index is -3.05. The van der Waals surface area contributed by atoms with Crippen LogP contribution in [0.1, 0.15) is 17.3 Å². The molecule has 0 saturated carbocycles. The van der Waals surface area contributed by atoms with Crippen molar-refractivity contribution in [3.8, 4) is 5.75 Å². The molecule has 1 unspecified atom stereocenters. The number of carbonyl (C=O) groups is 2. The zero-order valence-electron chi connectivity index (χ0n) is 14.2. The van der Waals surface area contributed by atoms with Crippen molar-refractivity contribution in [2.45, 2.75) is 19.6 Å². The highest BCUT2D eigenvalue weighted by Gasteiger charge is 2.21. The van der Waals surface area contributed by atoms with Gasteiger partial charge in [-0.25, -0.2) is 4.79 Å². The highest BCUT2D eigenvalue weighted by atomic mass is 35.5. The van der Waals surface area contributed by atoms with Crippen LogP contribution < -0.4 is 10.1 Å². The number of nitro groups is 1. The summed E-state index contributed by atoms with van der Waals surface area (Å²) in [5, 5.41) is 13.0. The molecule has 2 aromatic rings. The fraction of sp³-hybridized carbons (Fsp3) is 0.176. The average Bonchev–Trinajstić information content (AvgIpc) is 2.62. The quantitative estimate of drug-likeness (QED) is 0.416. The molecular formula is C17H13ClF2N2O6. The Bertz CT molecular complexity index is 909. The Kier molecular flexibility index (Phi) is 6.83. The molecule has 0 bridgehead atoms. The lowest BCUT2D eigenvalue weighted by Crippen LogP contribution is -2.30. The number of nitro benzene ring substituents is 1. The molecule has 0 saturated heterocycles. The summed E-state index contributed by atoms with van der Waals surface area (Å²) >= 11 is 5.88. The first-order valence-electron chi connectivity index (χ1n) is 7.68. The Balaban J connectivity index is 2.02. The van der Waals surface area contributed by atoms with Gasteiger partial charge in [0.15, 0.2) is 6.10 Å². The molecule has 0 aliphatic rings. The van der Waals surface area contributed by atoms with Crippen LogP contribution in [0.4, 0.5) is 20.2 Å². The summed E-state index contributed by atoms with van der Waals surface area (Å²) in [4.78, 5) is 34.3. The minimum Gasteiger partial charge on any atom is -0.449 e. The van der Waals surface area contributed by atoms with E-state index in [1.54, 1.807) is 0 Å². The molecule has 0 fully saturated rings. The van der Waals surface area contributed by atoms with Crippen molar-refractivity contribution in [1.82, 2.24) is 0 Å². The second-order valence-corrected chi connectivity index (χ2v) is 5.77. The number of rotatable bonds is 7. The van der Waals surface area contributed by atoms with Gasteiger partial charge < -0.3 is 14.8 Å². The van der Waals surface area contributed by atoms with Crippen LogP contribution in [0, 0.1) is 10.1 Å². The fourth-order valence-electron chi connectivity index (χ4n) is 2.03. The van der Waals surface area contributed by atoms with Crippen molar-refractivity contribution in [2.75, 3.05) is 5.32 Å². The van der Waals surface area contributed by atoms with E-state index in [9.17, 15) is 28.5 Å². The molecular weight excluding hydrogens is 402 g/mol. The molecule has 1 N–H and O–H groups in total. The number of amides is 1. The lowest BCUT2D eigenvalue weighted by molar-refractivity contribution is -0.384. The Morgan fingerprint density at radius 2 is 1.93 bits per heavy atom. The molecule has 2 rings (SSSR count). The summed E-state index contributed by atoms with van der Waals surface area (Å²) in [5.74, 6) is -1.92. The predicted octanol–water partition coefficient (Wildman–Crippen LogP) is 4.03. The van der Waals surface area contributed by atoms with Crippen LogP contribution in [0.15, 0.2) is 42.5 Å². The average molecular weight is 415 g/mol. The number of nitrogens with one attached hydrogen (secondary N) is 1. The van der Waals surface area contributed by atoms with Crippen molar-refractivity contribution in [3.63, 3.8) is 0 Å². The molecule has 0 spiro atoms. The number of carbonyl (C=O) groups excluding carboxylic acids is 2. The number of esters is 1. The van der Waals surface area contributed by atoms with Gasteiger partial charge in [0.05, 0.1) is 21.2 Å². The second-order valence-electron chi connectivity index (χ2n) is 5.36. The van der Waals surface area contributed by atoms with Gasteiger partial charge in [-0.3, -0.25) is 14.9 Å². The summed E-state index contributed by atoms with van der Waals surface area (Å²) in [7, 11) is 0. The van der Waals surface area contributed by atoms with Gasteiger partial charge in [0.2, 0.25) is 0 Å². The van der Waals surface area contributed by atoms with Crippen LogP contribution in [-0.2, 0) is 9.53 Å². The summed E-state index contributed by atoms with van der Waals surface area (Å²) in [6.45, 7) is -1.77. The number of alkyl halides is 2. The van der Waals surface area contributed by atoms with Crippen molar-refractivity contribution in [3.05, 3.63) is 63.2 Å². The Morgan fingerprint density at radius 3 is 2.54 bits per heavy atom. The Hall–Kier alpha value is -3.27. The first-order chi connectivity index (χ1) is 13.2. The molecule has 1 atom stereocenters. The van der Waals surface area contributed by atoms with E-state index in [-0.39, 0.29) is 27.7 Å². The SMILES string of the molecule is CC(OC(=O)c1cccc(OC(F)F)c1)C(=O)Nc1ccc([N+](=O)[O-])cc1Cl. The third-order valence-electron chi connectivity index (χ3n) is 3.37. The monoisotopic (exact) mass is 414 g/mol. The lowest BCUT2D eigenvalue weighted by atomic mass is 10.2.